The smallest absolute Gasteiger partial charge is 0.254 e. The highest BCUT2D eigenvalue weighted by molar-refractivity contribution is 5.94. The molecule has 4 heterocycles. The highest BCUT2D eigenvalue weighted by Crippen LogP contribution is 2.23. The van der Waals surface area contributed by atoms with Crippen LogP contribution in [0.15, 0.2) is 24.5 Å². The Morgan fingerprint density at radius 1 is 1.38 bits per heavy atom. The van der Waals surface area contributed by atoms with Crippen LogP contribution in [0.1, 0.15) is 23.2 Å². The average molecular weight is 217 g/mol. The molecule has 0 saturated carbocycles. The van der Waals surface area contributed by atoms with Gasteiger partial charge in [0.1, 0.15) is 0 Å². The maximum Gasteiger partial charge on any atom is 0.254 e. The molecular formula is C12H15N3O. The van der Waals surface area contributed by atoms with E-state index in [1.165, 1.54) is 6.42 Å². The fourth-order valence-corrected chi connectivity index (χ4v) is 2.62. The number of amides is 1. The zero-order chi connectivity index (χ0) is 11.0. The van der Waals surface area contributed by atoms with Gasteiger partial charge in [-0.2, -0.15) is 0 Å². The molecule has 1 aromatic heterocycles. The van der Waals surface area contributed by atoms with Gasteiger partial charge in [-0.3, -0.25) is 9.78 Å². The number of pyridine rings is 1. The minimum Gasteiger partial charge on any atom is -0.333 e. The molecular weight excluding hydrogens is 202 g/mol. The van der Waals surface area contributed by atoms with Gasteiger partial charge in [0.15, 0.2) is 0 Å². The summed E-state index contributed by atoms with van der Waals surface area (Å²) in [6.45, 7) is 1.80. The number of nitrogens with zero attached hydrogens (tertiary/aromatic N) is 2. The van der Waals surface area contributed by atoms with Crippen LogP contribution in [0.5, 0.6) is 0 Å². The molecule has 0 aliphatic carbocycles. The number of aromatic nitrogens is 1. The summed E-state index contributed by atoms with van der Waals surface area (Å²) < 4.78 is 0. The lowest BCUT2D eigenvalue weighted by atomic mass is 9.92. The molecule has 3 saturated heterocycles. The van der Waals surface area contributed by atoms with Gasteiger partial charge in [-0.15, -0.1) is 0 Å². The second-order valence-corrected chi connectivity index (χ2v) is 4.53. The van der Waals surface area contributed by atoms with E-state index < -0.39 is 0 Å². The molecule has 1 N–H and O–H groups in total. The number of hydrogen-bond donors (Lipinski definition) is 1. The van der Waals surface area contributed by atoms with Crippen molar-refractivity contribution in [3.8, 4) is 0 Å². The summed E-state index contributed by atoms with van der Waals surface area (Å²) in [6, 6.07) is 4.46. The standard InChI is InChI=1S/C12H15N3O/c16-12(9-3-5-13-6-4-9)15-8-10-1-2-11(15)7-14-10/h3-6,10-11,14H,1-2,7-8H2. The molecule has 0 radical (unpaired) electrons. The van der Waals surface area contributed by atoms with Gasteiger partial charge in [0.2, 0.25) is 0 Å². The van der Waals surface area contributed by atoms with Gasteiger partial charge in [0.25, 0.3) is 5.91 Å². The molecule has 4 heteroatoms. The SMILES string of the molecule is O=C(c1ccncc1)N1CC2CCC1CN2. The number of piperidine rings is 2. The van der Waals surface area contributed by atoms with Crippen LogP contribution in [-0.4, -0.2) is 41.0 Å². The number of carbonyl (C=O) groups is 1. The Balaban J connectivity index is 1.81. The van der Waals surface area contributed by atoms with E-state index >= 15 is 0 Å². The van der Waals surface area contributed by atoms with E-state index in [9.17, 15) is 4.79 Å². The Morgan fingerprint density at radius 3 is 2.75 bits per heavy atom. The molecule has 84 valence electrons. The molecule has 2 atom stereocenters. The van der Waals surface area contributed by atoms with Crippen molar-refractivity contribution in [2.75, 3.05) is 13.1 Å². The first kappa shape index (κ1) is 9.78. The van der Waals surface area contributed by atoms with Crippen molar-refractivity contribution < 1.29 is 4.79 Å². The van der Waals surface area contributed by atoms with Crippen LogP contribution in [-0.2, 0) is 0 Å². The number of carbonyl (C=O) groups excluding carboxylic acids is 1. The fraction of sp³-hybridized carbons (Fsp3) is 0.500. The van der Waals surface area contributed by atoms with Crippen molar-refractivity contribution in [2.45, 2.75) is 24.9 Å². The Hall–Kier alpha value is -1.42. The van der Waals surface area contributed by atoms with E-state index in [-0.39, 0.29) is 5.91 Å². The molecule has 3 fully saturated rings. The third-order valence-corrected chi connectivity index (χ3v) is 3.54. The zero-order valence-electron chi connectivity index (χ0n) is 9.10. The monoisotopic (exact) mass is 217 g/mol. The van der Waals surface area contributed by atoms with E-state index in [4.69, 9.17) is 0 Å². The first-order valence-corrected chi connectivity index (χ1v) is 5.79. The van der Waals surface area contributed by atoms with Gasteiger partial charge in [0.05, 0.1) is 0 Å². The third kappa shape index (κ3) is 1.59. The van der Waals surface area contributed by atoms with E-state index in [0.29, 0.717) is 12.1 Å². The van der Waals surface area contributed by atoms with Crippen LogP contribution in [0.2, 0.25) is 0 Å². The van der Waals surface area contributed by atoms with E-state index in [0.717, 1.165) is 25.1 Å². The summed E-state index contributed by atoms with van der Waals surface area (Å²) in [5.74, 6) is 0.151. The molecule has 3 aliphatic heterocycles. The van der Waals surface area contributed by atoms with Crippen LogP contribution in [0.4, 0.5) is 0 Å². The summed E-state index contributed by atoms with van der Waals surface area (Å²) in [5.41, 5.74) is 0.752. The second kappa shape index (κ2) is 3.87. The molecule has 16 heavy (non-hydrogen) atoms. The van der Waals surface area contributed by atoms with Crippen LogP contribution >= 0.6 is 0 Å². The van der Waals surface area contributed by atoms with Gasteiger partial charge < -0.3 is 10.2 Å². The van der Waals surface area contributed by atoms with Crippen molar-refractivity contribution in [2.24, 2.45) is 0 Å². The number of rotatable bonds is 1. The maximum absolute atomic E-state index is 12.3. The van der Waals surface area contributed by atoms with Crippen molar-refractivity contribution in [3.05, 3.63) is 30.1 Å². The Kier molecular flexibility index (Phi) is 2.36. The predicted octanol–water partition coefficient (Wildman–Crippen LogP) is 0.658. The van der Waals surface area contributed by atoms with Crippen LogP contribution < -0.4 is 5.32 Å². The Bertz CT molecular complexity index is 385. The molecule has 2 bridgehead atoms. The lowest BCUT2D eigenvalue weighted by Gasteiger charge is -2.45. The molecule has 0 aromatic carbocycles. The van der Waals surface area contributed by atoms with Crippen molar-refractivity contribution in [3.63, 3.8) is 0 Å². The fourth-order valence-electron chi connectivity index (χ4n) is 2.62. The quantitative estimate of drug-likeness (QED) is 0.751. The summed E-state index contributed by atoms with van der Waals surface area (Å²) in [4.78, 5) is 18.2. The van der Waals surface area contributed by atoms with Crippen molar-refractivity contribution in [1.82, 2.24) is 15.2 Å². The highest BCUT2D eigenvalue weighted by Gasteiger charge is 2.36. The van der Waals surface area contributed by atoms with Gasteiger partial charge in [-0.1, -0.05) is 0 Å². The number of hydrogen-bond acceptors (Lipinski definition) is 3. The number of nitrogens with one attached hydrogen (secondary N) is 1. The minimum absolute atomic E-state index is 0.151. The summed E-state index contributed by atoms with van der Waals surface area (Å²) in [6.07, 6.45) is 5.68. The third-order valence-electron chi connectivity index (χ3n) is 3.54. The normalized spacial score (nSPS) is 28.1. The van der Waals surface area contributed by atoms with Crippen molar-refractivity contribution >= 4 is 5.91 Å². The van der Waals surface area contributed by atoms with E-state index in [1.54, 1.807) is 24.5 Å². The molecule has 4 rings (SSSR count). The van der Waals surface area contributed by atoms with Gasteiger partial charge in [-0.05, 0) is 25.0 Å². The van der Waals surface area contributed by atoms with E-state index in [2.05, 4.69) is 10.3 Å². The van der Waals surface area contributed by atoms with Gasteiger partial charge >= 0.3 is 0 Å². The molecule has 4 nitrogen and oxygen atoms in total. The van der Waals surface area contributed by atoms with Crippen LogP contribution in [0.3, 0.4) is 0 Å². The van der Waals surface area contributed by atoms with Gasteiger partial charge in [0, 0.05) is 43.1 Å². The summed E-state index contributed by atoms with van der Waals surface area (Å²) >= 11 is 0. The van der Waals surface area contributed by atoms with E-state index in [1.807, 2.05) is 4.90 Å². The average Bonchev–Trinajstić information content (AvgIpc) is 2.40. The first-order valence-electron chi connectivity index (χ1n) is 5.79. The molecule has 0 spiro atoms. The summed E-state index contributed by atoms with van der Waals surface area (Å²) in [5, 5.41) is 3.45. The largest absolute Gasteiger partial charge is 0.333 e. The lowest BCUT2D eigenvalue weighted by Crippen LogP contribution is -2.62. The molecule has 1 aromatic rings. The number of fused-ring (bicyclic) bond motifs is 3. The lowest BCUT2D eigenvalue weighted by molar-refractivity contribution is 0.0440. The second-order valence-electron chi connectivity index (χ2n) is 4.53. The molecule has 1 amide bonds. The maximum atomic E-state index is 12.3. The molecule has 3 aliphatic rings. The minimum atomic E-state index is 0.151. The van der Waals surface area contributed by atoms with Crippen LogP contribution in [0, 0.1) is 0 Å². The Morgan fingerprint density at radius 2 is 2.19 bits per heavy atom. The van der Waals surface area contributed by atoms with Gasteiger partial charge in [-0.25, -0.2) is 0 Å². The Labute approximate surface area is 94.7 Å². The molecule has 2 unspecified atom stereocenters. The number of piperazine rings is 1. The van der Waals surface area contributed by atoms with Crippen molar-refractivity contribution in [1.29, 1.82) is 0 Å². The predicted molar refractivity (Wildman–Crippen MR) is 60.1 cm³/mol. The topological polar surface area (TPSA) is 45.2 Å². The highest BCUT2D eigenvalue weighted by atomic mass is 16.2. The summed E-state index contributed by atoms with van der Waals surface area (Å²) in [7, 11) is 0. The van der Waals surface area contributed by atoms with Crippen LogP contribution in [0.25, 0.3) is 0 Å². The zero-order valence-corrected chi connectivity index (χ0v) is 9.10. The first-order chi connectivity index (χ1) is 7.84.